The van der Waals surface area contributed by atoms with Crippen LogP contribution in [-0.4, -0.2) is 39.4 Å². The Kier molecular flexibility index (Phi) is 4.63. The summed E-state index contributed by atoms with van der Waals surface area (Å²) < 4.78 is 32.2. The summed E-state index contributed by atoms with van der Waals surface area (Å²) in [5.41, 5.74) is -1.26. The van der Waals surface area contributed by atoms with E-state index < -0.39 is 15.6 Å². The van der Waals surface area contributed by atoms with E-state index in [-0.39, 0.29) is 18.0 Å². The van der Waals surface area contributed by atoms with Gasteiger partial charge in [-0.3, -0.25) is 0 Å². The zero-order chi connectivity index (χ0) is 15.5. The number of hydrogen-bond donors (Lipinski definition) is 2. The molecule has 0 bridgehead atoms. The lowest BCUT2D eigenvalue weighted by Crippen LogP contribution is -2.43. The highest BCUT2D eigenvalue weighted by Gasteiger charge is 2.25. The highest BCUT2D eigenvalue weighted by atomic mass is 32.2. The van der Waals surface area contributed by atoms with Crippen LogP contribution in [0.3, 0.4) is 0 Å². The molecule has 21 heavy (non-hydrogen) atoms. The number of rotatable bonds is 6. The van der Waals surface area contributed by atoms with E-state index >= 15 is 0 Å². The number of sulfonamides is 1. The summed E-state index contributed by atoms with van der Waals surface area (Å²) in [5.74, 6) is 0. The largest absolute Gasteiger partial charge is 0.386 e. The van der Waals surface area contributed by atoms with Gasteiger partial charge < -0.3 is 9.84 Å². The molecular formula is C15H19NO4S. The zero-order valence-corrected chi connectivity index (χ0v) is 12.9. The maximum atomic E-state index is 12.4. The Balaban J connectivity index is 2.30. The van der Waals surface area contributed by atoms with E-state index in [1.54, 1.807) is 24.3 Å². The minimum absolute atomic E-state index is 0.0467. The van der Waals surface area contributed by atoms with Gasteiger partial charge in [-0.15, -0.1) is 0 Å². The van der Waals surface area contributed by atoms with Crippen LogP contribution in [0.5, 0.6) is 0 Å². The standard InChI is InChI=1S/C15H19NO4S/c1-15(17,11-20-2)10-16-21(18,19)14-9-5-7-12-6-3-4-8-13(12)14/h3-9,16-17H,10-11H2,1-2H3. The van der Waals surface area contributed by atoms with Gasteiger partial charge in [0.05, 0.1) is 17.1 Å². The molecule has 5 nitrogen and oxygen atoms in total. The molecule has 1 unspecified atom stereocenters. The van der Waals surface area contributed by atoms with E-state index in [0.29, 0.717) is 5.39 Å². The monoisotopic (exact) mass is 309 g/mol. The third-order valence-corrected chi connectivity index (χ3v) is 4.60. The normalized spacial score (nSPS) is 15.0. The van der Waals surface area contributed by atoms with Crippen molar-refractivity contribution in [3.63, 3.8) is 0 Å². The van der Waals surface area contributed by atoms with E-state index in [2.05, 4.69) is 4.72 Å². The van der Waals surface area contributed by atoms with Gasteiger partial charge in [0.25, 0.3) is 0 Å². The predicted molar refractivity (Wildman–Crippen MR) is 81.6 cm³/mol. The minimum Gasteiger partial charge on any atom is -0.386 e. The van der Waals surface area contributed by atoms with Crippen LogP contribution in [0, 0.1) is 0 Å². The van der Waals surface area contributed by atoms with Crippen molar-refractivity contribution in [2.24, 2.45) is 0 Å². The van der Waals surface area contributed by atoms with Crippen molar-refractivity contribution in [2.45, 2.75) is 17.4 Å². The van der Waals surface area contributed by atoms with Crippen LogP contribution in [-0.2, 0) is 14.8 Å². The molecule has 0 saturated heterocycles. The van der Waals surface area contributed by atoms with Crippen LogP contribution in [0.25, 0.3) is 10.8 Å². The lowest BCUT2D eigenvalue weighted by Gasteiger charge is -2.22. The fourth-order valence-electron chi connectivity index (χ4n) is 2.12. The number of nitrogens with one attached hydrogen (secondary N) is 1. The molecular weight excluding hydrogens is 290 g/mol. The molecule has 1 atom stereocenters. The van der Waals surface area contributed by atoms with Gasteiger partial charge in [0.2, 0.25) is 10.0 Å². The van der Waals surface area contributed by atoms with E-state index in [9.17, 15) is 13.5 Å². The Hall–Kier alpha value is -1.47. The van der Waals surface area contributed by atoms with Gasteiger partial charge in [0, 0.05) is 19.0 Å². The average molecular weight is 309 g/mol. The summed E-state index contributed by atoms with van der Waals surface area (Å²) in [6.07, 6.45) is 0. The maximum absolute atomic E-state index is 12.4. The molecule has 2 N–H and O–H groups in total. The fraction of sp³-hybridized carbons (Fsp3) is 0.333. The van der Waals surface area contributed by atoms with Crippen molar-refractivity contribution in [3.05, 3.63) is 42.5 Å². The molecule has 114 valence electrons. The maximum Gasteiger partial charge on any atom is 0.241 e. The van der Waals surface area contributed by atoms with Crippen molar-refractivity contribution >= 4 is 20.8 Å². The molecule has 0 spiro atoms. The molecule has 0 aliphatic carbocycles. The number of aliphatic hydroxyl groups is 1. The van der Waals surface area contributed by atoms with E-state index in [4.69, 9.17) is 4.74 Å². The van der Waals surface area contributed by atoms with Gasteiger partial charge in [-0.25, -0.2) is 13.1 Å². The summed E-state index contributed by atoms with van der Waals surface area (Å²) in [6.45, 7) is 1.44. The van der Waals surface area contributed by atoms with Gasteiger partial charge in [0.15, 0.2) is 0 Å². The highest BCUT2D eigenvalue weighted by molar-refractivity contribution is 7.89. The summed E-state index contributed by atoms with van der Waals surface area (Å²) in [7, 11) is -2.25. The van der Waals surface area contributed by atoms with Crippen molar-refractivity contribution < 1.29 is 18.3 Å². The number of fused-ring (bicyclic) bond motifs is 1. The minimum atomic E-state index is -3.70. The summed E-state index contributed by atoms with van der Waals surface area (Å²) in [5, 5.41) is 11.5. The molecule has 2 aromatic carbocycles. The number of ether oxygens (including phenoxy) is 1. The molecule has 0 aliphatic rings. The summed E-state index contributed by atoms with van der Waals surface area (Å²) in [4.78, 5) is 0.203. The molecule has 6 heteroatoms. The second kappa shape index (κ2) is 6.11. The Morgan fingerprint density at radius 3 is 2.57 bits per heavy atom. The first-order chi connectivity index (χ1) is 9.86. The molecule has 2 rings (SSSR count). The topological polar surface area (TPSA) is 75.6 Å². The quantitative estimate of drug-likeness (QED) is 0.848. The van der Waals surface area contributed by atoms with Gasteiger partial charge in [-0.1, -0.05) is 36.4 Å². The van der Waals surface area contributed by atoms with Crippen LogP contribution < -0.4 is 4.72 Å². The van der Waals surface area contributed by atoms with Crippen LogP contribution in [0.15, 0.2) is 47.4 Å². The Morgan fingerprint density at radius 2 is 1.86 bits per heavy atom. The second-order valence-corrected chi connectivity index (χ2v) is 6.97. The number of benzene rings is 2. The van der Waals surface area contributed by atoms with Crippen LogP contribution >= 0.6 is 0 Å². The first kappa shape index (κ1) is 15.9. The van der Waals surface area contributed by atoms with Crippen LogP contribution in [0.2, 0.25) is 0 Å². The van der Waals surface area contributed by atoms with Gasteiger partial charge >= 0.3 is 0 Å². The smallest absolute Gasteiger partial charge is 0.241 e. The molecule has 0 aromatic heterocycles. The zero-order valence-electron chi connectivity index (χ0n) is 12.0. The Bertz CT molecular complexity index is 720. The third kappa shape index (κ3) is 3.79. The summed E-state index contributed by atoms with van der Waals surface area (Å²) in [6, 6.07) is 12.4. The van der Waals surface area contributed by atoms with Crippen molar-refractivity contribution in [1.82, 2.24) is 4.72 Å². The first-order valence-corrected chi connectivity index (χ1v) is 8.03. The van der Waals surface area contributed by atoms with Crippen LogP contribution in [0.1, 0.15) is 6.92 Å². The lowest BCUT2D eigenvalue weighted by molar-refractivity contribution is -0.0119. The molecule has 0 heterocycles. The molecule has 0 amide bonds. The van der Waals surface area contributed by atoms with E-state index in [1.807, 2.05) is 18.2 Å². The Labute approximate surface area is 124 Å². The third-order valence-electron chi connectivity index (χ3n) is 3.14. The molecule has 2 aromatic rings. The highest BCUT2D eigenvalue weighted by Crippen LogP contribution is 2.22. The molecule has 0 aliphatic heterocycles. The second-order valence-electron chi connectivity index (χ2n) is 5.23. The molecule has 0 saturated carbocycles. The molecule has 0 fully saturated rings. The van der Waals surface area contributed by atoms with Gasteiger partial charge in [-0.2, -0.15) is 0 Å². The van der Waals surface area contributed by atoms with E-state index in [1.165, 1.54) is 14.0 Å². The van der Waals surface area contributed by atoms with Crippen molar-refractivity contribution in [2.75, 3.05) is 20.3 Å². The predicted octanol–water partition coefficient (Wildman–Crippen LogP) is 1.52. The number of methoxy groups -OCH3 is 1. The number of hydrogen-bond acceptors (Lipinski definition) is 4. The molecule has 0 radical (unpaired) electrons. The lowest BCUT2D eigenvalue weighted by atomic mass is 10.1. The first-order valence-electron chi connectivity index (χ1n) is 6.54. The van der Waals surface area contributed by atoms with Crippen molar-refractivity contribution in [3.8, 4) is 0 Å². The summed E-state index contributed by atoms with van der Waals surface area (Å²) >= 11 is 0. The Morgan fingerprint density at radius 1 is 1.19 bits per heavy atom. The fourth-order valence-corrected chi connectivity index (χ4v) is 3.51. The van der Waals surface area contributed by atoms with Gasteiger partial charge in [0.1, 0.15) is 0 Å². The SMILES string of the molecule is COCC(C)(O)CNS(=O)(=O)c1cccc2ccccc12. The van der Waals surface area contributed by atoms with E-state index in [0.717, 1.165) is 5.39 Å². The van der Waals surface area contributed by atoms with Gasteiger partial charge in [-0.05, 0) is 18.4 Å². The van der Waals surface area contributed by atoms with Crippen LogP contribution in [0.4, 0.5) is 0 Å². The average Bonchev–Trinajstić information content (AvgIpc) is 2.45. The van der Waals surface area contributed by atoms with Crippen molar-refractivity contribution in [1.29, 1.82) is 0 Å².